The van der Waals surface area contributed by atoms with E-state index in [4.69, 9.17) is 0 Å². The van der Waals surface area contributed by atoms with Crippen LogP contribution in [0.15, 0.2) is 11.4 Å². The van der Waals surface area contributed by atoms with Crippen molar-refractivity contribution < 1.29 is 14.7 Å². The van der Waals surface area contributed by atoms with Crippen LogP contribution in [-0.2, 0) is 16.0 Å². The Bertz CT molecular complexity index is 528. The van der Waals surface area contributed by atoms with Gasteiger partial charge in [0.15, 0.2) is 0 Å². The van der Waals surface area contributed by atoms with Gasteiger partial charge in [-0.15, -0.1) is 11.3 Å². The maximum Gasteiger partial charge on any atom is 0.327 e. The molecule has 1 aromatic heterocycles. The number of carboxylic acid groups (broad SMARTS) is 1. The molecule has 1 saturated heterocycles. The lowest BCUT2D eigenvalue weighted by Gasteiger charge is -2.36. The molecule has 0 radical (unpaired) electrons. The second-order valence-corrected chi connectivity index (χ2v) is 7.36. The minimum absolute atomic E-state index is 0.0112. The van der Waals surface area contributed by atoms with E-state index in [0.717, 1.165) is 30.6 Å². The summed E-state index contributed by atoms with van der Waals surface area (Å²) in [5.41, 5.74) is 1.13. The lowest BCUT2D eigenvalue weighted by atomic mass is 9.86. The summed E-state index contributed by atoms with van der Waals surface area (Å²) in [6.07, 6.45) is 2.91. The van der Waals surface area contributed by atoms with E-state index < -0.39 is 12.0 Å². The topological polar surface area (TPSA) is 57.6 Å². The first kappa shape index (κ1) is 13.9. The second kappa shape index (κ2) is 5.77. The maximum atomic E-state index is 12.8. The minimum Gasteiger partial charge on any atom is -0.480 e. The van der Waals surface area contributed by atoms with Crippen molar-refractivity contribution in [2.45, 2.75) is 31.2 Å². The number of aliphatic carboxylic acids is 1. The molecule has 0 bridgehead atoms. The zero-order chi connectivity index (χ0) is 14.1. The Labute approximate surface area is 126 Å². The van der Waals surface area contributed by atoms with Gasteiger partial charge in [-0.2, -0.15) is 11.8 Å². The Balaban J connectivity index is 1.84. The number of nitrogens with zero attached hydrogens (tertiary/aromatic N) is 1. The number of carbonyl (C=O) groups excluding carboxylic acids is 1. The second-order valence-electron chi connectivity index (χ2n) is 5.20. The molecule has 0 spiro atoms. The van der Waals surface area contributed by atoms with Gasteiger partial charge in [0.05, 0.1) is 5.92 Å². The molecule has 1 aliphatic heterocycles. The van der Waals surface area contributed by atoms with E-state index in [-0.39, 0.29) is 11.8 Å². The van der Waals surface area contributed by atoms with Crippen molar-refractivity contribution in [2.75, 3.05) is 18.1 Å². The van der Waals surface area contributed by atoms with E-state index in [9.17, 15) is 14.7 Å². The Morgan fingerprint density at radius 3 is 3.05 bits per heavy atom. The smallest absolute Gasteiger partial charge is 0.327 e. The summed E-state index contributed by atoms with van der Waals surface area (Å²) in [5.74, 6) is 0.335. The van der Waals surface area contributed by atoms with E-state index in [1.807, 2.05) is 11.4 Å². The van der Waals surface area contributed by atoms with Gasteiger partial charge < -0.3 is 10.0 Å². The molecule has 2 heterocycles. The number of thiophene rings is 1. The van der Waals surface area contributed by atoms with E-state index in [0.29, 0.717) is 12.3 Å². The summed E-state index contributed by atoms with van der Waals surface area (Å²) < 4.78 is 0. The lowest BCUT2D eigenvalue weighted by Crippen LogP contribution is -2.52. The van der Waals surface area contributed by atoms with E-state index in [1.54, 1.807) is 28.0 Å². The summed E-state index contributed by atoms with van der Waals surface area (Å²) in [7, 11) is 0. The van der Waals surface area contributed by atoms with Crippen molar-refractivity contribution in [3.63, 3.8) is 0 Å². The highest BCUT2D eigenvalue weighted by Crippen LogP contribution is 2.37. The highest BCUT2D eigenvalue weighted by atomic mass is 32.2. The van der Waals surface area contributed by atoms with Gasteiger partial charge in [-0.05, 0) is 36.3 Å². The van der Waals surface area contributed by atoms with Crippen LogP contribution < -0.4 is 0 Å². The molecule has 1 amide bonds. The third kappa shape index (κ3) is 2.46. The molecule has 2 unspecified atom stereocenters. The van der Waals surface area contributed by atoms with Crippen LogP contribution in [-0.4, -0.2) is 46.0 Å². The first-order valence-corrected chi connectivity index (χ1v) is 8.89. The predicted octanol–water partition coefficient (Wildman–Crippen LogP) is 2.20. The molecular formula is C14H17NO3S2. The SMILES string of the molecule is O=C(O)C1CSCCN1C(=O)C1CCCc2sccc21. The number of rotatable bonds is 2. The molecule has 4 nitrogen and oxygen atoms in total. The maximum absolute atomic E-state index is 12.8. The first-order chi connectivity index (χ1) is 9.68. The fourth-order valence-electron chi connectivity index (χ4n) is 3.02. The van der Waals surface area contributed by atoms with Gasteiger partial charge >= 0.3 is 5.97 Å². The number of carbonyl (C=O) groups is 2. The van der Waals surface area contributed by atoms with Gasteiger partial charge in [-0.3, -0.25) is 4.79 Å². The third-order valence-corrected chi connectivity index (χ3v) is 6.07. The van der Waals surface area contributed by atoms with Crippen LogP contribution in [0, 0.1) is 0 Å². The number of hydrogen-bond donors (Lipinski definition) is 1. The van der Waals surface area contributed by atoms with Crippen molar-refractivity contribution in [1.29, 1.82) is 0 Å². The zero-order valence-corrected chi connectivity index (χ0v) is 12.7. The van der Waals surface area contributed by atoms with Gasteiger partial charge in [0.2, 0.25) is 5.91 Å². The average Bonchev–Trinajstić information content (AvgIpc) is 2.94. The number of aryl methyl sites for hydroxylation is 1. The Morgan fingerprint density at radius 2 is 2.25 bits per heavy atom. The Morgan fingerprint density at radius 1 is 1.40 bits per heavy atom. The average molecular weight is 311 g/mol. The monoisotopic (exact) mass is 311 g/mol. The molecule has 6 heteroatoms. The molecule has 2 atom stereocenters. The van der Waals surface area contributed by atoms with Gasteiger partial charge in [-0.1, -0.05) is 0 Å². The van der Waals surface area contributed by atoms with Gasteiger partial charge in [0.25, 0.3) is 0 Å². The van der Waals surface area contributed by atoms with Crippen LogP contribution in [0.4, 0.5) is 0 Å². The van der Waals surface area contributed by atoms with Crippen LogP contribution in [0.1, 0.15) is 29.2 Å². The fourth-order valence-corrected chi connectivity index (χ4v) is 5.04. The Kier molecular flexibility index (Phi) is 4.03. The molecule has 1 aromatic rings. The molecular weight excluding hydrogens is 294 g/mol. The quantitative estimate of drug-likeness (QED) is 0.909. The number of hydrogen-bond acceptors (Lipinski definition) is 4. The highest BCUT2D eigenvalue weighted by molar-refractivity contribution is 7.99. The van der Waals surface area contributed by atoms with E-state index >= 15 is 0 Å². The molecule has 0 aromatic carbocycles. The summed E-state index contributed by atoms with van der Waals surface area (Å²) in [6.45, 7) is 0.552. The molecule has 0 saturated carbocycles. The van der Waals surface area contributed by atoms with Crippen molar-refractivity contribution in [3.8, 4) is 0 Å². The van der Waals surface area contributed by atoms with Crippen LogP contribution >= 0.6 is 23.1 Å². The molecule has 1 aliphatic carbocycles. The van der Waals surface area contributed by atoms with Crippen LogP contribution in [0.5, 0.6) is 0 Å². The molecule has 3 rings (SSSR count). The van der Waals surface area contributed by atoms with E-state index in [2.05, 4.69) is 0 Å². The van der Waals surface area contributed by atoms with E-state index in [1.165, 1.54) is 4.88 Å². The van der Waals surface area contributed by atoms with Crippen LogP contribution in [0.25, 0.3) is 0 Å². The molecule has 108 valence electrons. The van der Waals surface area contributed by atoms with Crippen molar-refractivity contribution in [2.24, 2.45) is 0 Å². The van der Waals surface area contributed by atoms with Crippen LogP contribution in [0.3, 0.4) is 0 Å². The zero-order valence-electron chi connectivity index (χ0n) is 11.1. The highest BCUT2D eigenvalue weighted by Gasteiger charge is 2.37. The summed E-state index contributed by atoms with van der Waals surface area (Å²) in [4.78, 5) is 27.0. The summed E-state index contributed by atoms with van der Waals surface area (Å²) >= 11 is 3.32. The third-order valence-electron chi connectivity index (χ3n) is 4.05. The van der Waals surface area contributed by atoms with Gasteiger partial charge in [0.1, 0.15) is 6.04 Å². The van der Waals surface area contributed by atoms with Crippen molar-refractivity contribution >= 4 is 35.0 Å². The number of carboxylic acids is 1. The van der Waals surface area contributed by atoms with Crippen molar-refractivity contribution in [1.82, 2.24) is 4.90 Å². The number of thioether (sulfide) groups is 1. The Hall–Kier alpha value is -1.01. The van der Waals surface area contributed by atoms with Crippen molar-refractivity contribution in [3.05, 3.63) is 21.9 Å². The number of fused-ring (bicyclic) bond motifs is 1. The normalized spacial score (nSPS) is 26.1. The number of amides is 1. The minimum atomic E-state index is -0.882. The van der Waals surface area contributed by atoms with Gasteiger partial charge in [-0.25, -0.2) is 4.79 Å². The summed E-state index contributed by atoms with van der Waals surface area (Å²) in [5, 5.41) is 11.3. The molecule has 1 fully saturated rings. The first-order valence-electron chi connectivity index (χ1n) is 6.86. The molecule has 1 N–H and O–H groups in total. The lowest BCUT2D eigenvalue weighted by molar-refractivity contribution is -0.150. The standard InChI is InChI=1S/C14H17NO3S2/c16-13(15-5-7-19-8-11(15)14(17)18)10-2-1-3-12-9(10)4-6-20-12/h4,6,10-11H,1-3,5,7-8H2,(H,17,18). The molecule has 2 aliphatic rings. The van der Waals surface area contributed by atoms with Gasteiger partial charge in [0, 0.05) is 22.9 Å². The largest absolute Gasteiger partial charge is 0.480 e. The summed E-state index contributed by atoms with van der Waals surface area (Å²) in [6, 6.07) is 1.38. The predicted molar refractivity (Wildman–Crippen MR) is 80.5 cm³/mol. The van der Waals surface area contributed by atoms with Crippen LogP contribution in [0.2, 0.25) is 0 Å². The fraction of sp³-hybridized carbons (Fsp3) is 0.571. The molecule has 20 heavy (non-hydrogen) atoms.